The monoisotopic (exact) mass is 373 g/mol. The van der Waals surface area contributed by atoms with Crippen molar-refractivity contribution >= 4 is 16.9 Å². The Morgan fingerprint density at radius 2 is 1.86 bits per heavy atom. The van der Waals surface area contributed by atoms with Crippen molar-refractivity contribution in [1.29, 1.82) is 0 Å². The Balaban J connectivity index is 1.84. The zero-order valence-electron chi connectivity index (χ0n) is 15.3. The van der Waals surface area contributed by atoms with Gasteiger partial charge in [-0.1, -0.05) is 24.3 Å². The quantitative estimate of drug-likeness (QED) is 0.572. The lowest BCUT2D eigenvalue weighted by atomic mass is 9.96. The fraction of sp³-hybridized carbons (Fsp3) is 0.143. The number of nitrogens with two attached hydrogens (primary N) is 2. The largest absolute Gasteiger partial charge is 0.454 e. The third-order valence-electron chi connectivity index (χ3n) is 4.99. The van der Waals surface area contributed by atoms with Gasteiger partial charge in [-0.15, -0.1) is 0 Å². The Bertz CT molecular complexity index is 1200. The first-order chi connectivity index (χ1) is 13.7. The number of para-hydroxylation sites is 1. The summed E-state index contributed by atoms with van der Waals surface area (Å²) in [6.07, 6.45) is 0. The summed E-state index contributed by atoms with van der Waals surface area (Å²) >= 11 is 0. The average Bonchev–Trinajstić information content (AvgIpc) is 3.31. The van der Waals surface area contributed by atoms with E-state index in [1.54, 1.807) is 0 Å². The highest BCUT2D eigenvalue weighted by atomic mass is 16.7. The van der Waals surface area contributed by atoms with Crippen LogP contribution in [0.5, 0.6) is 11.5 Å². The molecule has 4 N–H and O–H groups in total. The number of nitrogen functional groups attached to an aromatic ring is 1. The topological polar surface area (TPSA) is 101 Å². The van der Waals surface area contributed by atoms with Crippen LogP contribution in [0.1, 0.15) is 11.3 Å². The zero-order valence-corrected chi connectivity index (χ0v) is 15.3. The standard InChI is InChI=1S/C21H19N5O2/c1-12-18-19(13-7-8-16-17(9-13)28-11-27-16)15(10-22)20(23)24-21(18)26(25-12)14-5-3-2-4-6-14/h2-9H,10-11,22H2,1H3,(H2,23,24). The van der Waals surface area contributed by atoms with E-state index in [1.807, 2.05) is 60.1 Å². The molecular formula is C21H19N5O2. The van der Waals surface area contributed by atoms with Crippen LogP contribution >= 0.6 is 0 Å². The summed E-state index contributed by atoms with van der Waals surface area (Å²) in [5, 5.41) is 5.67. The molecule has 4 aromatic rings. The number of anilines is 1. The molecule has 7 nitrogen and oxygen atoms in total. The SMILES string of the molecule is Cc1nn(-c2ccccc2)c2nc(N)c(CN)c(-c3ccc4c(c3)OCO4)c12. The van der Waals surface area contributed by atoms with E-state index in [-0.39, 0.29) is 13.3 Å². The van der Waals surface area contributed by atoms with Crippen molar-refractivity contribution in [2.24, 2.45) is 5.73 Å². The minimum atomic E-state index is 0.224. The van der Waals surface area contributed by atoms with Gasteiger partial charge in [-0.3, -0.25) is 0 Å². The molecule has 140 valence electrons. The molecule has 0 saturated carbocycles. The Hall–Kier alpha value is -3.58. The van der Waals surface area contributed by atoms with Crippen LogP contribution in [0.2, 0.25) is 0 Å². The number of ether oxygens (including phenoxy) is 2. The van der Waals surface area contributed by atoms with Crippen LogP contribution in [-0.2, 0) is 6.54 Å². The molecule has 0 fully saturated rings. The van der Waals surface area contributed by atoms with E-state index < -0.39 is 0 Å². The Morgan fingerprint density at radius 3 is 2.64 bits per heavy atom. The maximum atomic E-state index is 6.32. The first-order valence-electron chi connectivity index (χ1n) is 9.00. The highest BCUT2D eigenvalue weighted by Crippen LogP contribution is 2.41. The number of pyridine rings is 1. The fourth-order valence-electron chi connectivity index (χ4n) is 3.70. The lowest BCUT2D eigenvalue weighted by molar-refractivity contribution is 0.174. The van der Waals surface area contributed by atoms with Crippen molar-refractivity contribution < 1.29 is 9.47 Å². The number of aromatic nitrogens is 3. The van der Waals surface area contributed by atoms with Gasteiger partial charge in [0, 0.05) is 17.7 Å². The van der Waals surface area contributed by atoms with Gasteiger partial charge in [-0.2, -0.15) is 5.10 Å². The molecule has 0 unspecified atom stereocenters. The number of benzene rings is 2. The molecule has 28 heavy (non-hydrogen) atoms. The van der Waals surface area contributed by atoms with Crippen molar-refractivity contribution in [2.75, 3.05) is 12.5 Å². The molecule has 3 heterocycles. The molecule has 0 radical (unpaired) electrons. The third-order valence-corrected chi connectivity index (χ3v) is 4.99. The van der Waals surface area contributed by atoms with E-state index in [4.69, 9.17) is 26.0 Å². The summed E-state index contributed by atoms with van der Waals surface area (Å²) < 4.78 is 12.8. The van der Waals surface area contributed by atoms with Crippen LogP contribution in [0.4, 0.5) is 5.82 Å². The van der Waals surface area contributed by atoms with Crippen molar-refractivity contribution in [2.45, 2.75) is 13.5 Å². The number of hydrogen-bond acceptors (Lipinski definition) is 6. The van der Waals surface area contributed by atoms with E-state index >= 15 is 0 Å². The van der Waals surface area contributed by atoms with Crippen LogP contribution in [0, 0.1) is 6.92 Å². The smallest absolute Gasteiger partial charge is 0.231 e. The third kappa shape index (κ3) is 2.40. The van der Waals surface area contributed by atoms with Crippen LogP contribution in [0.15, 0.2) is 48.5 Å². The van der Waals surface area contributed by atoms with Gasteiger partial charge in [0.15, 0.2) is 17.1 Å². The zero-order chi connectivity index (χ0) is 19.3. The highest BCUT2D eigenvalue weighted by Gasteiger charge is 2.23. The Labute approximate surface area is 161 Å². The summed E-state index contributed by atoms with van der Waals surface area (Å²) in [5.41, 5.74) is 17.5. The molecule has 7 heteroatoms. The normalized spacial score (nSPS) is 12.6. The summed E-state index contributed by atoms with van der Waals surface area (Å²) in [6, 6.07) is 15.7. The number of hydrogen-bond donors (Lipinski definition) is 2. The molecule has 0 atom stereocenters. The van der Waals surface area contributed by atoms with Gasteiger partial charge in [0.2, 0.25) is 6.79 Å². The minimum Gasteiger partial charge on any atom is -0.454 e. The number of fused-ring (bicyclic) bond motifs is 2. The Kier molecular flexibility index (Phi) is 3.70. The molecule has 2 aromatic heterocycles. The summed E-state index contributed by atoms with van der Waals surface area (Å²) in [4.78, 5) is 4.64. The maximum Gasteiger partial charge on any atom is 0.231 e. The number of nitrogens with zero attached hydrogens (tertiary/aromatic N) is 3. The molecule has 1 aliphatic rings. The minimum absolute atomic E-state index is 0.224. The second-order valence-electron chi connectivity index (χ2n) is 6.65. The molecule has 0 amide bonds. The molecule has 2 aromatic carbocycles. The number of aryl methyl sites for hydroxylation is 1. The molecule has 0 bridgehead atoms. The summed E-state index contributed by atoms with van der Waals surface area (Å²) in [7, 11) is 0. The van der Waals surface area contributed by atoms with Crippen LogP contribution in [0.3, 0.4) is 0 Å². The fourth-order valence-corrected chi connectivity index (χ4v) is 3.70. The second-order valence-corrected chi connectivity index (χ2v) is 6.65. The molecule has 0 spiro atoms. The van der Waals surface area contributed by atoms with Gasteiger partial charge in [-0.25, -0.2) is 9.67 Å². The molecule has 1 aliphatic heterocycles. The van der Waals surface area contributed by atoms with Crippen molar-refractivity contribution in [3.63, 3.8) is 0 Å². The summed E-state index contributed by atoms with van der Waals surface area (Å²) in [6.45, 7) is 2.46. The average molecular weight is 373 g/mol. The predicted molar refractivity (Wildman–Crippen MR) is 107 cm³/mol. The Morgan fingerprint density at radius 1 is 1.07 bits per heavy atom. The molecule has 5 rings (SSSR count). The highest BCUT2D eigenvalue weighted by molar-refractivity contribution is 5.99. The maximum absolute atomic E-state index is 6.32. The van der Waals surface area contributed by atoms with E-state index in [1.165, 1.54) is 0 Å². The first-order valence-corrected chi connectivity index (χ1v) is 9.00. The van der Waals surface area contributed by atoms with Crippen molar-refractivity contribution in [3.8, 4) is 28.3 Å². The van der Waals surface area contributed by atoms with Gasteiger partial charge < -0.3 is 20.9 Å². The molecule has 0 saturated heterocycles. The first kappa shape index (κ1) is 16.6. The van der Waals surface area contributed by atoms with Gasteiger partial charge in [0.1, 0.15) is 5.82 Å². The van der Waals surface area contributed by atoms with Crippen LogP contribution in [0.25, 0.3) is 27.8 Å². The van der Waals surface area contributed by atoms with Gasteiger partial charge in [0.25, 0.3) is 0 Å². The number of rotatable bonds is 3. The lowest BCUT2D eigenvalue weighted by Gasteiger charge is -2.14. The van der Waals surface area contributed by atoms with Crippen molar-refractivity contribution in [3.05, 3.63) is 59.8 Å². The lowest BCUT2D eigenvalue weighted by Crippen LogP contribution is -2.08. The molecular weight excluding hydrogens is 354 g/mol. The van der Waals surface area contributed by atoms with Crippen molar-refractivity contribution in [1.82, 2.24) is 14.8 Å². The van der Waals surface area contributed by atoms with Gasteiger partial charge in [0.05, 0.1) is 16.8 Å². The summed E-state index contributed by atoms with van der Waals surface area (Å²) in [5.74, 6) is 1.84. The van der Waals surface area contributed by atoms with E-state index in [0.717, 1.165) is 39.2 Å². The van der Waals surface area contributed by atoms with E-state index in [2.05, 4.69) is 4.98 Å². The van der Waals surface area contributed by atoms with Gasteiger partial charge >= 0.3 is 0 Å². The molecule has 0 aliphatic carbocycles. The van der Waals surface area contributed by atoms with E-state index in [9.17, 15) is 0 Å². The van der Waals surface area contributed by atoms with Crippen LogP contribution in [-0.4, -0.2) is 21.6 Å². The van der Waals surface area contributed by atoms with E-state index in [0.29, 0.717) is 17.2 Å². The van der Waals surface area contributed by atoms with Gasteiger partial charge in [-0.05, 0) is 36.8 Å². The van der Waals surface area contributed by atoms with Crippen LogP contribution < -0.4 is 20.9 Å². The predicted octanol–water partition coefficient (Wildman–Crippen LogP) is 3.17. The second kappa shape index (κ2) is 6.24.